The third kappa shape index (κ3) is 3.23. The summed E-state index contributed by atoms with van der Waals surface area (Å²) in [5, 5.41) is 22.4. The molecule has 0 fully saturated rings. The fraction of sp³-hybridized carbons (Fsp3) is 0.143. The largest absolute Gasteiger partial charge is 0.505 e. The van der Waals surface area contributed by atoms with Gasteiger partial charge in [-0.25, -0.2) is 10.2 Å². The molecule has 0 spiro atoms. The third-order valence-corrected chi connectivity index (χ3v) is 5.03. The van der Waals surface area contributed by atoms with Crippen molar-refractivity contribution in [2.75, 3.05) is 0 Å². The van der Waals surface area contributed by atoms with Crippen LogP contribution in [0.2, 0.25) is 0 Å². The molecule has 2 heterocycles. The van der Waals surface area contributed by atoms with Gasteiger partial charge in [-0.3, -0.25) is 15.2 Å². The molecule has 4 aromatic rings. The van der Waals surface area contributed by atoms with Gasteiger partial charge in [0.15, 0.2) is 5.75 Å². The van der Waals surface area contributed by atoms with E-state index in [1.54, 1.807) is 31.6 Å². The highest BCUT2D eigenvalue weighted by Crippen LogP contribution is 2.42. The summed E-state index contributed by atoms with van der Waals surface area (Å²) in [5.74, 6) is 4.27. The molecule has 1 amide bonds. The maximum Gasteiger partial charge on any atom is 0.238 e. The number of phenols is 1. The highest BCUT2D eigenvalue weighted by Gasteiger charge is 2.21. The second kappa shape index (κ2) is 7.06. The molecular weight excluding hydrogens is 375 g/mol. The lowest BCUT2D eigenvalue weighted by molar-refractivity contribution is -0.120. The Morgan fingerprint density at radius 2 is 1.93 bits per heavy atom. The minimum absolute atomic E-state index is 0.0467. The lowest BCUT2D eigenvalue weighted by Crippen LogP contribution is -2.31. The quantitative estimate of drug-likeness (QED) is 0.241. The smallest absolute Gasteiger partial charge is 0.238 e. The molecule has 0 radical (unpaired) electrons. The Labute approximate surface area is 165 Å². The average molecular weight is 394 g/mol. The molecule has 0 saturated carbocycles. The van der Waals surface area contributed by atoms with Crippen LogP contribution < -0.4 is 11.3 Å². The van der Waals surface area contributed by atoms with Gasteiger partial charge in [0, 0.05) is 30.2 Å². The third-order valence-electron chi connectivity index (χ3n) is 5.03. The Kier molecular flexibility index (Phi) is 4.56. The number of amides is 1. The zero-order valence-electron chi connectivity index (χ0n) is 15.6. The molecule has 5 N–H and O–H groups in total. The van der Waals surface area contributed by atoms with Gasteiger partial charge in [-0.15, -0.1) is 0 Å². The number of halogens is 1. The molecule has 8 heteroatoms. The van der Waals surface area contributed by atoms with E-state index < -0.39 is 5.91 Å². The van der Waals surface area contributed by atoms with Crippen molar-refractivity contribution in [1.82, 2.24) is 15.0 Å². The molecule has 4 rings (SSSR count). The van der Waals surface area contributed by atoms with E-state index in [1.807, 2.05) is 6.07 Å². The Morgan fingerprint density at radius 1 is 1.21 bits per heavy atom. The summed E-state index contributed by atoms with van der Waals surface area (Å²) in [6, 6.07) is 8.01. The van der Waals surface area contributed by atoms with Gasteiger partial charge in [0.25, 0.3) is 0 Å². The number of nitrogens with one attached hydrogen (secondary N) is 1. The molecule has 0 unspecified atom stereocenters. The van der Waals surface area contributed by atoms with Crippen LogP contribution in [0.25, 0.3) is 21.7 Å². The van der Waals surface area contributed by atoms with E-state index in [4.69, 9.17) is 5.84 Å². The molecule has 0 aliphatic heterocycles. The number of hydrogen-bond acceptors (Lipinski definition) is 5. The first-order chi connectivity index (χ1) is 13.9. The predicted molar refractivity (Wildman–Crippen MR) is 107 cm³/mol. The highest BCUT2D eigenvalue weighted by atomic mass is 19.1. The molecule has 148 valence electrons. The molecule has 2 aromatic heterocycles. The van der Waals surface area contributed by atoms with Crippen LogP contribution in [0.4, 0.5) is 4.39 Å². The number of phenolic OH excluding ortho intramolecular Hbond substituents is 1. The van der Waals surface area contributed by atoms with Crippen LogP contribution in [0.5, 0.6) is 11.6 Å². The minimum Gasteiger partial charge on any atom is -0.505 e. The van der Waals surface area contributed by atoms with Crippen molar-refractivity contribution in [1.29, 1.82) is 0 Å². The number of aryl methyl sites for hydroxylation is 1. The van der Waals surface area contributed by atoms with Crippen molar-refractivity contribution < 1.29 is 19.4 Å². The van der Waals surface area contributed by atoms with Gasteiger partial charge in [0.05, 0.1) is 11.8 Å². The number of carbonyl (C=O) groups is 1. The molecule has 0 saturated heterocycles. The van der Waals surface area contributed by atoms with Crippen molar-refractivity contribution in [2.24, 2.45) is 12.9 Å². The SMILES string of the molecule is Cn1cc2c(CC(=O)NN)c3cc(Cc4ccc(F)cc4)cnc3c(O)c2c1O. The Bertz CT molecular complexity index is 1250. The number of nitrogens with two attached hydrogens (primary N) is 1. The standard InChI is InChI=1S/C21H19FN4O3/c1-26-10-16-14(8-17(27)25-23)15-7-12(6-11-2-4-13(22)5-3-11)9-24-19(15)20(28)18(16)21(26)29/h2-5,7,9-10,28-29H,6,8,23H2,1H3,(H,25,27). The van der Waals surface area contributed by atoms with E-state index in [9.17, 15) is 19.4 Å². The zero-order valence-corrected chi connectivity index (χ0v) is 15.6. The Hall–Kier alpha value is -3.65. The number of fused-ring (bicyclic) bond motifs is 2. The molecule has 29 heavy (non-hydrogen) atoms. The first-order valence-electron chi connectivity index (χ1n) is 8.93. The van der Waals surface area contributed by atoms with Gasteiger partial charge in [-0.05, 0) is 41.3 Å². The first kappa shape index (κ1) is 18.7. The minimum atomic E-state index is -0.412. The van der Waals surface area contributed by atoms with Crippen molar-refractivity contribution in [2.45, 2.75) is 12.8 Å². The van der Waals surface area contributed by atoms with E-state index in [0.717, 1.165) is 11.1 Å². The second-order valence-electron chi connectivity index (χ2n) is 6.97. The molecule has 0 atom stereocenters. The highest BCUT2D eigenvalue weighted by molar-refractivity contribution is 6.10. The summed E-state index contributed by atoms with van der Waals surface area (Å²) < 4.78 is 14.6. The maximum absolute atomic E-state index is 13.2. The number of aromatic hydroxyl groups is 2. The predicted octanol–water partition coefficient (Wildman–Crippen LogP) is 2.40. The lowest BCUT2D eigenvalue weighted by Gasteiger charge is -2.12. The average Bonchev–Trinajstić information content (AvgIpc) is 3.01. The number of hydrogen-bond donors (Lipinski definition) is 4. The van der Waals surface area contributed by atoms with Crippen molar-refractivity contribution in [3.63, 3.8) is 0 Å². The molecule has 0 aliphatic carbocycles. The van der Waals surface area contributed by atoms with Crippen LogP contribution in [0.3, 0.4) is 0 Å². The molecule has 0 aliphatic rings. The summed E-state index contributed by atoms with van der Waals surface area (Å²) in [5.41, 5.74) is 4.72. The fourth-order valence-corrected chi connectivity index (χ4v) is 3.61. The first-order valence-corrected chi connectivity index (χ1v) is 8.93. The monoisotopic (exact) mass is 394 g/mol. The number of hydrazine groups is 1. The van der Waals surface area contributed by atoms with E-state index >= 15 is 0 Å². The van der Waals surface area contributed by atoms with E-state index in [2.05, 4.69) is 10.4 Å². The summed E-state index contributed by atoms with van der Waals surface area (Å²) in [4.78, 5) is 16.4. The summed E-state index contributed by atoms with van der Waals surface area (Å²) in [7, 11) is 1.64. The Balaban J connectivity index is 1.93. The van der Waals surface area contributed by atoms with Crippen molar-refractivity contribution >= 4 is 27.6 Å². The van der Waals surface area contributed by atoms with Crippen LogP contribution >= 0.6 is 0 Å². The number of benzene rings is 2. The van der Waals surface area contributed by atoms with Crippen LogP contribution in [-0.4, -0.2) is 25.7 Å². The zero-order chi connectivity index (χ0) is 20.7. The van der Waals surface area contributed by atoms with E-state index in [1.165, 1.54) is 16.7 Å². The van der Waals surface area contributed by atoms with Gasteiger partial charge in [-0.2, -0.15) is 0 Å². The number of nitrogens with zero attached hydrogens (tertiary/aromatic N) is 2. The van der Waals surface area contributed by atoms with Crippen LogP contribution in [-0.2, 0) is 24.7 Å². The van der Waals surface area contributed by atoms with Crippen molar-refractivity contribution in [3.8, 4) is 11.6 Å². The molecule has 2 aromatic carbocycles. The number of carbonyl (C=O) groups excluding carboxylic acids is 1. The fourth-order valence-electron chi connectivity index (χ4n) is 3.61. The molecule has 7 nitrogen and oxygen atoms in total. The van der Waals surface area contributed by atoms with Crippen molar-refractivity contribution in [3.05, 3.63) is 65.2 Å². The van der Waals surface area contributed by atoms with Gasteiger partial charge >= 0.3 is 0 Å². The number of pyridine rings is 1. The van der Waals surface area contributed by atoms with Gasteiger partial charge in [0.1, 0.15) is 11.3 Å². The Morgan fingerprint density at radius 3 is 2.62 bits per heavy atom. The maximum atomic E-state index is 13.2. The van der Waals surface area contributed by atoms with E-state index in [-0.39, 0.29) is 34.8 Å². The molecular formula is C21H19FN4O3. The summed E-state index contributed by atoms with van der Waals surface area (Å²) >= 11 is 0. The van der Waals surface area contributed by atoms with Gasteiger partial charge in [-0.1, -0.05) is 12.1 Å². The van der Waals surface area contributed by atoms with Gasteiger partial charge < -0.3 is 14.8 Å². The van der Waals surface area contributed by atoms with Crippen LogP contribution in [0, 0.1) is 5.82 Å². The number of aromatic nitrogens is 2. The number of rotatable bonds is 4. The summed E-state index contributed by atoms with van der Waals surface area (Å²) in [6.45, 7) is 0. The second-order valence-corrected chi connectivity index (χ2v) is 6.97. The van der Waals surface area contributed by atoms with Crippen LogP contribution in [0.15, 0.2) is 42.7 Å². The normalized spacial score (nSPS) is 11.3. The topological polar surface area (TPSA) is 113 Å². The van der Waals surface area contributed by atoms with E-state index in [0.29, 0.717) is 22.8 Å². The van der Waals surface area contributed by atoms with Gasteiger partial charge in [0.2, 0.25) is 11.8 Å². The van der Waals surface area contributed by atoms with Crippen LogP contribution in [0.1, 0.15) is 16.7 Å². The molecule has 0 bridgehead atoms. The summed E-state index contributed by atoms with van der Waals surface area (Å²) in [6.07, 6.45) is 3.72. The lowest BCUT2D eigenvalue weighted by atomic mass is 9.96.